The van der Waals surface area contributed by atoms with Crippen LogP contribution in [0, 0.1) is 5.92 Å². The van der Waals surface area contributed by atoms with Crippen molar-refractivity contribution in [1.29, 1.82) is 0 Å². The number of aliphatic imine (C=N–C) groups is 1. The molecule has 1 heterocycles. The minimum Gasteiger partial charge on any atom is -0.362 e. The second-order valence-electron chi connectivity index (χ2n) is 5.20. The fraction of sp³-hybridized carbons (Fsp3) is 0.533. The van der Waals surface area contributed by atoms with E-state index in [0.29, 0.717) is 11.3 Å². The third-order valence-electron chi connectivity index (χ3n) is 3.72. The molecule has 1 N–H and O–H groups in total. The number of thioether (sulfide) groups is 1. The minimum absolute atomic E-state index is 0.511. The quantitative estimate of drug-likeness (QED) is 0.894. The van der Waals surface area contributed by atoms with Gasteiger partial charge in [-0.2, -0.15) is 0 Å². The lowest BCUT2D eigenvalue weighted by molar-refractivity contribution is 0.664. The predicted molar refractivity (Wildman–Crippen MR) is 79.0 cm³/mol. The fourth-order valence-corrected chi connectivity index (χ4v) is 3.65. The Bertz CT molecular complexity index is 429. The van der Waals surface area contributed by atoms with Crippen molar-refractivity contribution < 1.29 is 0 Å². The third kappa shape index (κ3) is 2.72. The highest BCUT2D eigenvalue weighted by atomic mass is 32.2. The van der Waals surface area contributed by atoms with Crippen LogP contribution in [-0.2, 0) is 0 Å². The molecule has 0 radical (unpaired) electrons. The Morgan fingerprint density at radius 1 is 1.33 bits per heavy atom. The maximum atomic E-state index is 4.64. The van der Waals surface area contributed by atoms with E-state index >= 15 is 0 Å². The van der Waals surface area contributed by atoms with Crippen LogP contribution < -0.4 is 5.32 Å². The average Bonchev–Trinajstić information content (AvgIpc) is 2.95. The van der Waals surface area contributed by atoms with Gasteiger partial charge in [-0.1, -0.05) is 55.4 Å². The summed E-state index contributed by atoms with van der Waals surface area (Å²) in [6.07, 6.45) is 4.00. The molecule has 96 valence electrons. The first-order valence-electron chi connectivity index (χ1n) is 6.89. The van der Waals surface area contributed by atoms with Gasteiger partial charge in [-0.3, -0.25) is 4.99 Å². The molecule has 0 aromatic heterocycles. The number of hydrogen-bond acceptors (Lipinski definition) is 3. The monoisotopic (exact) mass is 260 g/mol. The summed E-state index contributed by atoms with van der Waals surface area (Å²) in [6, 6.07) is 11.4. The van der Waals surface area contributed by atoms with Gasteiger partial charge in [0.25, 0.3) is 0 Å². The number of benzene rings is 1. The molecule has 1 aliphatic carbocycles. The maximum Gasteiger partial charge on any atom is 0.157 e. The molecular weight excluding hydrogens is 240 g/mol. The Morgan fingerprint density at radius 3 is 2.94 bits per heavy atom. The molecule has 1 aromatic carbocycles. The average molecular weight is 260 g/mol. The summed E-state index contributed by atoms with van der Waals surface area (Å²) >= 11 is 1.89. The van der Waals surface area contributed by atoms with Crippen LogP contribution in [0.5, 0.6) is 0 Å². The van der Waals surface area contributed by atoms with Crippen LogP contribution in [-0.4, -0.2) is 17.8 Å². The second kappa shape index (κ2) is 5.35. The van der Waals surface area contributed by atoms with Gasteiger partial charge in [0.2, 0.25) is 0 Å². The van der Waals surface area contributed by atoms with E-state index in [-0.39, 0.29) is 0 Å². The first-order valence-corrected chi connectivity index (χ1v) is 7.77. The van der Waals surface area contributed by atoms with Crippen molar-refractivity contribution in [2.75, 3.05) is 6.54 Å². The highest BCUT2D eigenvalue weighted by Crippen LogP contribution is 2.38. The molecule has 0 spiro atoms. The van der Waals surface area contributed by atoms with Gasteiger partial charge in [0.15, 0.2) is 5.17 Å². The first kappa shape index (κ1) is 12.1. The molecule has 0 bridgehead atoms. The van der Waals surface area contributed by atoms with Gasteiger partial charge in [-0.15, -0.1) is 0 Å². The molecule has 0 saturated heterocycles. The van der Waals surface area contributed by atoms with Gasteiger partial charge in [0, 0.05) is 6.04 Å². The predicted octanol–water partition coefficient (Wildman–Crippen LogP) is 3.61. The SMILES string of the molecule is CCCC1CC1NC1=NCC(c2ccccc2)S1. The standard InChI is InChI=1S/C15H20N2S/c1-2-6-12-9-13(12)17-15-16-10-14(18-15)11-7-4-3-5-8-11/h3-5,7-8,12-14H,2,6,9-10H2,1H3,(H,16,17). The van der Waals surface area contributed by atoms with Gasteiger partial charge in [0.1, 0.15) is 0 Å². The minimum atomic E-state index is 0.511. The van der Waals surface area contributed by atoms with Crippen molar-refractivity contribution in [2.24, 2.45) is 10.9 Å². The number of nitrogens with one attached hydrogen (secondary N) is 1. The van der Waals surface area contributed by atoms with E-state index in [9.17, 15) is 0 Å². The zero-order valence-electron chi connectivity index (χ0n) is 10.8. The Hall–Kier alpha value is -0.960. The molecular formula is C15H20N2S. The van der Waals surface area contributed by atoms with Crippen LogP contribution in [0.2, 0.25) is 0 Å². The molecule has 2 aliphatic rings. The fourth-order valence-electron chi connectivity index (χ4n) is 2.57. The second-order valence-corrected chi connectivity index (χ2v) is 6.39. The summed E-state index contributed by atoms with van der Waals surface area (Å²) in [5.41, 5.74) is 1.39. The van der Waals surface area contributed by atoms with Crippen molar-refractivity contribution >= 4 is 16.9 Å². The van der Waals surface area contributed by atoms with Crippen molar-refractivity contribution in [3.8, 4) is 0 Å². The molecule has 3 heteroatoms. The van der Waals surface area contributed by atoms with Gasteiger partial charge in [-0.05, 0) is 24.3 Å². The zero-order valence-corrected chi connectivity index (χ0v) is 11.6. The number of nitrogens with zero attached hydrogens (tertiary/aromatic N) is 1. The molecule has 3 atom stereocenters. The Balaban J connectivity index is 1.50. The van der Waals surface area contributed by atoms with Crippen molar-refractivity contribution in [3.63, 3.8) is 0 Å². The van der Waals surface area contributed by atoms with E-state index in [1.54, 1.807) is 0 Å². The van der Waals surface area contributed by atoms with Gasteiger partial charge < -0.3 is 5.32 Å². The van der Waals surface area contributed by atoms with E-state index < -0.39 is 0 Å². The molecule has 1 saturated carbocycles. The zero-order chi connectivity index (χ0) is 12.4. The third-order valence-corrected chi connectivity index (χ3v) is 4.89. The topological polar surface area (TPSA) is 24.4 Å². The van der Waals surface area contributed by atoms with Gasteiger partial charge >= 0.3 is 0 Å². The smallest absolute Gasteiger partial charge is 0.157 e. The molecule has 3 unspecified atom stereocenters. The normalized spacial score (nSPS) is 30.1. The Kier molecular flexibility index (Phi) is 3.59. The lowest BCUT2D eigenvalue weighted by Gasteiger charge is -2.09. The van der Waals surface area contributed by atoms with Crippen LogP contribution in [0.1, 0.15) is 37.0 Å². The van der Waals surface area contributed by atoms with E-state index in [2.05, 4.69) is 47.6 Å². The molecule has 1 aromatic rings. The van der Waals surface area contributed by atoms with Crippen molar-refractivity contribution in [1.82, 2.24) is 5.32 Å². The highest BCUT2D eigenvalue weighted by molar-refractivity contribution is 8.14. The van der Waals surface area contributed by atoms with E-state index in [0.717, 1.165) is 17.6 Å². The van der Waals surface area contributed by atoms with E-state index in [1.807, 2.05) is 11.8 Å². The summed E-state index contributed by atoms with van der Waals surface area (Å²) < 4.78 is 0. The molecule has 1 fully saturated rings. The molecule has 2 nitrogen and oxygen atoms in total. The van der Waals surface area contributed by atoms with Crippen LogP contribution in [0.15, 0.2) is 35.3 Å². The maximum absolute atomic E-state index is 4.64. The van der Waals surface area contributed by atoms with Gasteiger partial charge in [0.05, 0.1) is 11.8 Å². The summed E-state index contributed by atoms with van der Waals surface area (Å²) in [5.74, 6) is 0.897. The molecule has 0 amide bonds. The molecule has 3 rings (SSSR count). The Morgan fingerprint density at radius 2 is 2.17 bits per heavy atom. The van der Waals surface area contributed by atoms with Crippen LogP contribution >= 0.6 is 11.8 Å². The number of amidine groups is 1. The van der Waals surface area contributed by atoms with Gasteiger partial charge in [-0.25, -0.2) is 0 Å². The van der Waals surface area contributed by atoms with Crippen molar-refractivity contribution in [2.45, 2.75) is 37.5 Å². The summed E-state index contributed by atoms with van der Waals surface area (Å²) in [5, 5.41) is 5.27. The Labute approximate surface area is 113 Å². The van der Waals surface area contributed by atoms with Crippen LogP contribution in [0.25, 0.3) is 0 Å². The highest BCUT2D eigenvalue weighted by Gasteiger charge is 2.37. The lowest BCUT2D eigenvalue weighted by atomic mass is 10.1. The van der Waals surface area contributed by atoms with Crippen LogP contribution in [0.4, 0.5) is 0 Å². The number of hydrogen-bond donors (Lipinski definition) is 1. The van der Waals surface area contributed by atoms with Crippen LogP contribution in [0.3, 0.4) is 0 Å². The largest absolute Gasteiger partial charge is 0.362 e. The number of rotatable bonds is 4. The summed E-state index contributed by atoms with van der Waals surface area (Å²) in [6.45, 7) is 3.19. The van der Waals surface area contributed by atoms with E-state index in [4.69, 9.17) is 0 Å². The van der Waals surface area contributed by atoms with Crippen molar-refractivity contribution in [3.05, 3.63) is 35.9 Å². The molecule has 18 heavy (non-hydrogen) atoms. The van der Waals surface area contributed by atoms with E-state index in [1.165, 1.54) is 24.8 Å². The summed E-state index contributed by atoms with van der Waals surface area (Å²) in [7, 11) is 0. The summed E-state index contributed by atoms with van der Waals surface area (Å²) in [4.78, 5) is 4.64. The first-order chi connectivity index (χ1) is 8.86. The lowest BCUT2D eigenvalue weighted by Crippen LogP contribution is -2.22. The molecule has 1 aliphatic heterocycles.